The van der Waals surface area contributed by atoms with Crippen molar-refractivity contribution in [3.05, 3.63) is 23.8 Å². The van der Waals surface area contributed by atoms with Gasteiger partial charge in [-0.05, 0) is 24.6 Å². The minimum absolute atomic E-state index is 0.573. The molecule has 0 amide bonds. The van der Waals surface area contributed by atoms with E-state index in [0.29, 0.717) is 12.1 Å². The molecular formula is C11H15NO3. The van der Waals surface area contributed by atoms with E-state index in [2.05, 4.69) is 5.16 Å². The van der Waals surface area contributed by atoms with Crippen LogP contribution in [0.3, 0.4) is 0 Å². The van der Waals surface area contributed by atoms with Crippen LogP contribution in [0, 0.1) is 0 Å². The molecule has 0 spiro atoms. The molecule has 1 aromatic rings. The first kappa shape index (κ1) is 11.4. The van der Waals surface area contributed by atoms with Gasteiger partial charge in [-0.25, -0.2) is 0 Å². The summed E-state index contributed by atoms with van der Waals surface area (Å²) in [5.74, 6) is 1.46. The summed E-state index contributed by atoms with van der Waals surface area (Å²) in [7, 11) is 3.21. The highest BCUT2D eigenvalue weighted by Gasteiger charge is 2.03. The van der Waals surface area contributed by atoms with E-state index < -0.39 is 0 Å². The first-order valence-corrected chi connectivity index (χ1v) is 4.59. The summed E-state index contributed by atoms with van der Waals surface area (Å²) in [4.78, 5) is 0. The van der Waals surface area contributed by atoms with Crippen LogP contribution in [-0.2, 0) is 6.42 Å². The molecule has 82 valence electrons. The zero-order chi connectivity index (χ0) is 11.3. The van der Waals surface area contributed by atoms with E-state index in [-0.39, 0.29) is 0 Å². The fraction of sp³-hybridized carbons (Fsp3) is 0.364. The molecule has 0 saturated carbocycles. The second kappa shape index (κ2) is 5.24. The quantitative estimate of drug-likeness (QED) is 0.469. The zero-order valence-corrected chi connectivity index (χ0v) is 9.15. The lowest BCUT2D eigenvalue weighted by molar-refractivity contribution is 0.317. The molecule has 4 nitrogen and oxygen atoms in total. The smallest absolute Gasteiger partial charge is 0.122 e. The second-order valence-electron chi connectivity index (χ2n) is 3.23. The Labute approximate surface area is 89.1 Å². The highest BCUT2D eigenvalue weighted by atomic mass is 16.5. The summed E-state index contributed by atoms with van der Waals surface area (Å²) in [5, 5.41) is 11.7. The van der Waals surface area contributed by atoms with Crippen molar-refractivity contribution in [1.29, 1.82) is 0 Å². The van der Waals surface area contributed by atoms with E-state index in [9.17, 15) is 0 Å². The minimum Gasteiger partial charge on any atom is -0.497 e. The first-order chi connectivity index (χ1) is 7.19. The summed E-state index contributed by atoms with van der Waals surface area (Å²) in [6.45, 7) is 1.76. The number of hydrogen-bond acceptors (Lipinski definition) is 4. The molecule has 1 aromatic carbocycles. The van der Waals surface area contributed by atoms with Crippen molar-refractivity contribution in [3.63, 3.8) is 0 Å². The normalized spacial score (nSPS) is 11.3. The van der Waals surface area contributed by atoms with Gasteiger partial charge in [-0.15, -0.1) is 0 Å². The third kappa shape index (κ3) is 3.16. The van der Waals surface area contributed by atoms with Gasteiger partial charge in [0.15, 0.2) is 0 Å². The van der Waals surface area contributed by atoms with Gasteiger partial charge in [-0.1, -0.05) is 5.16 Å². The van der Waals surface area contributed by atoms with Gasteiger partial charge in [0.2, 0.25) is 0 Å². The Balaban J connectivity index is 2.96. The van der Waals surface area contributed by atoms with Gasteiger partial charge in [0.05, 0.1) is 19.9 Å². The lowest BCUT2D eigenvalue weighted by atomic mass is 10.1. The number of ether oxygens (including phenoxy) is 2. The molecule has 0 radical (unpaired) electrons. The first-order valence-electron chi connectivity index (χ1n) is 4.59. The van der Waals surface area contributed by atoms with E-state index >= 15 is 0 Å². The maximum Gasteiger partial charge on any atom is 0.122 e. The van der Waals surface area contributed by atoms with Gasteiger partial charge in [-0.2, -0.15) is 0 Å². The Bertz CT molecular complexity index is 339. The standard InChI is InChI=1S/C11H15NO3/c1-8(12-13)4-9-5-10(14-2)7-11(6-9)15-3/h5-7,13H,4H2,1-3H3/b12-8+. The largest absolute Gasteiger partial charge is 0.497 e. The predicted molar refractivity (Wildman–Crippen MR) is 58.1 cm³/mol. The average Bonchev–Trinajstić information content (AvgIpc) is 2.28. The number of benzene rings is 1. The molecule has 0 aliphatic rings. The van der Waals surface area contributed by atoms with Crippen LogP contribution in [0.2, 0.25) is 0 Å². The molecule has 0 atom stereocenters. The van der Waals surface area contributed by atoms with E-state index in [1.54, 1.807) is 27.2 Å². The molecule has 0 bridgehead atoms. The maximum atomic E-state index is 8.57. The van der Waals surface area contributed by atoms with Gasteiger partial charge in [0.25, 0.3) is 0 Å². The average molecular weight is 209 g/mol. The fourth-order valence-corrected chi connectivity index (χ4v) is 1.30. The second-order valence-corrected chi connectivity index (χ2v) is 3.23. The third-order valence-electron chi connectivity index (χ3n) is 2.04. The number of hydrogen-bond donors (Lipinski definition) is 1. The molecule has 15 heavy (non-hydrogen) atoms. The number of methoxy groups -OCH3 is 2. The van der Waals surface area contributed by atoms with Crippen molar-refractivity contribution in [2.24, 2.45) is 5.16 Å². The van der Waals surface area contributed by atoms with Gasteiger partial charge in [0.1, 0.15) is 11.5 Å². The van der Waals surface area contributed by atoms with Crippen molar-refractivity contribution in [2.75, 3.05) is 14.2 Å². The van der Waals surface area contributed by atoms with Crippen LogP contribution in [0.1, 0.15) is 12.5 Å². The summed E-state index contributed by atoms with van der Waals surface area (Å²) >= 11 is 0. The van der Waals surface area contributed by atoms with Gasteiger partial charge in [-0.3, -0.25) is 0 Å². The molecule has 4 heteroatoms. The molecule has 0 unspecified atom stereocenters. The van der Waals surface area contributed by atoms with Gasteiger partial charge >= 0.3 is 0 Å². The maximum absolute atomic E-state index is 8.57. The monoisotopic (exact) mass is 209 g/mol. The van der Waals surface area contributed by atoms with Crippen molar-refractivity contribution in [3.8, 4) is 11.5 Å². The van der Waals surface area contributed by atoms with Gasteiger partial charge in [0, 0.05) is 12.5 Å². The van der Waals surface area contributed by atoms with Crippen LogP contribution in [0.25, 0.3) is 0 Å². The summed E-state index contributed by atoms with van der Waals surface area (Å²) in [6, 6.07) is 5.57. The van der Waals surface area contributed by atoms with Crippen LogP contribution < -0.4 is 9.47 Å². The van der Waals surface area contributed by atoms with E-state index in [4.69, 9.17) is 14.7 Å². The highest BCUT2D eigenvalue weighted by Crippen LogP contribution is 2.22. The topological polar surface area (TPSA) is 51.0 Å². The molecular weight excluding hydrogens is 194 g/mol. The molecule has 0 fully saturated rings. The Hall–Kier alpha value is -1.71. The number of rotatable bonds is 4. The van der Waals surface area contributed by atoms with Crippen molar-refractivity contribution in [1.82, 2.24) is 0 Å². The molecule has 0 aliphatic carbocycles. The Morgan fingerprint density at radius 1 is 1.20 bits per heavy atom. The Morgan fingerprint density at radius 2 is 1.73 bits per heavy atom. The highest BCUT2D eigenvalue weighted by molar-refractivity contribution is 5.83. The third-order valence-corrected chi connectivity index (χ3v) is 2.04. The summed E-state index contributed by atoms with van der Waals surface area (Å²) < 4.78 is 10.3. The molecule has 1 N–H and O–H groups in total. The van der Waals surface area contributed by atoms with Crippen LogP contribution >= 0.6 is 0 Å². The Kier molecular flexibility index (Phi) is 3.97. The van der Waals surface area contributed by atoms with Crippen molar-refractivity contribution in [2.45, 2.75) is 13.3 Å². The summed E-state index contributed by atoms with van der Waals surface area (Å²) in [6.07, 6.45) is 0.573. The summed E-state index contributed by atoms with van der Waals surface area (Å²) in [5.41, 5.74) is 1.63. The lowest BCUT2D eigenvalue weighted by Crippen LogP contribution is -1.98. The van der Waals surface area contributed by atoms with Crippen LogP contribution in [0.4, 0.5) is 0 Å². The molecule has 0 aliphatic heterocycles. The fourth-order valence-electron chi connectivity index (χ4n) is 1.30. The zero-order valence-electron chi connectivity index (χ0n) is 9.15. The van der Waals surface area contributed by atoms with Crippen molar-refractivity contribution < 1.29 is 14.7 Å². The predicted octanol–water partition coefficient (Wildman–Crippen LogP) is 2.10. The Morgan fingerprint density at radius 3 is 2.13 bits per heavy atom. The van der Waals surface area contributed by atoms with E-state index in [1.807, 2.05) is 12.1 Å². The van der Waals surface area contributed by atoms with E-state index in [0.717, 1.165) is 17.1 Å². The van der Waals surface area contributed by atoms with Crippen LogP contribution in [-0.4, -0.2) is 25.1 Å². The lowest BCUT2D eigenvalue weighted by Gasteiger charge is -2.07. The van der Waals surface area contributed by atoms with Gasteiger partial charge < -0.3 is 14.7 Å². The number of nitrogens with zero attached hydrogens (tertiary/aromatic N) is 1. The number of oxime groups is 1. The van der Waals surface area contributed by atoms with Crippen molar-refractivity contribution >= 4 is 5.71 Å². The molecule has 0 saturated heterocycles. The molecule has 0 aromatic heterocycles. The SMILES string of the molecule is COc1cc(C/C(C)=N/O)cc(OC)c1. The van der Waals surface area contributed by atoms with Crippen LogP contribution in [0.5, 0.6) is 11.5 Å². The minimum atomic E-state index is 0.573. The molecule has 1 rings (SSSR count). The van der Waals surface area contributed by atoms with Crippen LogP contribution in [0.15, 0.2) is 23.4 Å². The molecule has 0 heterocycles. The van der Waals surface area contributed by atoms with E-state index in [1.165, 1.54) is 0 Å².